The zero-order valence-electron chi connectivity index (χ0n) is 10.7. The third-order valence-corrected chi connectivity index (χ3v) is 2.93. The van der Waals surface area contributed by atoms with Crippen LogP contribution in [0.5, 0.6) is 0 Å². The maximum absolute atomic E-state index is 12.9. The summed E-state index contributed by atoms with van der Waals surface area (Å²) in [6.45, 7) is 4.10. The summed E-state index contributed by atoms with van der Waals surface area (Å²) in [5, 5.41) is 2.80. The number of rotatable bonds is 5. The summed E-state index contributed by atoms with van der Waals surface area (Å²) in [4.78, 5) is 24.0. The number of halogens is 2. The van der Waals surface area contributed by atoms with Crippen molar-refractivity contribution >= 4 is 11.9 Å². The fraction of sp³-hybridized carbons (Fsp3) is 0.818. The highest BCUT2D eigenvalue weighted by Crippen LogP contribution is 2.30. The van der Waals surface area contributed by atoms with Gasteiger partial charge in [0.2, 0.25) is 5.91 Å². The molecule has 0 saturated carbocycles. The number of carbonyl (C=O) groups is 2. The van der Waals surface area contributed by atoms with E-state index in [1.165, 1.54) is 4.90 Å². The summed E-state index contributed by atoms with van der Waals surface area (Å²) >= 11 is 0. The van der Waals surface area contributed by atoms with E-state index in [4.69, 9.17) is 0 Å². The number of nitrogens with zero attached hydrogens (tertiary/aromatic N) is 1. The molecule has 18 heavy (non-hydrogen) atoms. The lowest BCUT2D eigenvalue weighted by Crippen LogP contribution is -2.45. The molecule has 0 aliphatic carbocycles. The second-order valence-electron chi connectivity index (χ2n) is 4.42. The molecule has 0 aromatic heterocycles. The van der Waals surface area contributed by atoms with Crippen LogP contribution in [0.3, 0.4) is 0 Å². The monoisotopic (exact) mass is 264 g/mol. The number of likely N-dealkylation sites (N-methyl/N-ethyl adjacent to an activating group) is 1. The van der Waals surface area contributed by atoms with Gasteiger partial charge in [-0.2, -0.15) is 8.78 Å². The Balaban J connectivity index is 2.38. The highest BCUT2D eigenvalue weighted by atomic mass is 19.3. The number of ether oxygens (including phenoxy) is 1. The zero-order valence-corrected chi connectivity index (χ0v) is 10.7. The van der Waals surface area contributed by atoms with Crippen LogP contribution >= 0.6 is 0 Å². The molecule has 1 N–H and O–H groups in total. The van der Waals surface area contributed by atoms with E-state index in [1.54, 1.807) is 14.0 Å². The minimum Gasteiger partial charge on any atom is -0.456 e. The van der Waals surface area contributed by atoms with E-state index in [1.807, 2.05) is 6.92 Å². The number of amides is 1. The molecule has 2 unspecified atom stereocenters. The lowest BCUT2D eigenvalue weighted by molar-refractivity contribution is -0.159. The molecule has 0 aromatic rings. The van der Waals surface area contributed by atoms with E-state index in [2.05, 4.69) is 10.1 Å². The Kier molecular flexibility index (Phi) is 4.61. The predicted molar refractivity (Wildman–Crippen MR) is 60.2 cm³/mol. The maximum atomic E-state index is 12.9. The molecule has 1 rings (SSSR count). The van der Waals surface area contributed by atoms with E-state index in [0.717, 1.165) is 0 Å². The van der Waals surface area contributed by atoms with Gasteiger partial charge in [0, 0.05) is 20.1 Å². The molecule has 0 aromatic carbocycles. The Labute approximate surface area is 104 Å². The van der Waals surface area contributed by atoms with Crippen LogP contribution in [0.2, 0.25) is 0 Å². The van der Waals surface area contributed by atoms with Crippen LogP contribution in [0.25, 0.3) is 0 Å². The molecule has 0 spiro atoms. The highest BCUT2D eigenvalue weighted by Gasteiger charge is 2.50. The van der Waals surface area contributed by atoms with Gasteiger partial charge in [0.05, 0.1) is 12.5 Å². The summed E-state index contributed by atoms with van der Waals surface area (Å²) in [5.74, 6) is -5.02. The first-order valence-electron chi connectivity index (χ1n) is 5.85. The van der Waals surface area contributed by atoms with Gasteiger partial charge >= 0.3 is 11.9 Å². The number of nitrogens with one attached hydrogen (secondary N) is 1. The van der Waals surface area contributed by atoms with Gasteiger partial charge in [0.1, 0.15) is 6.10 Å². The Bertz CT molecular complexity index is 336. The van der Waals surface area contributed by atoms with Gasteiger partial charge in [0.25, 0.3) is 0 Å². The predicted octanol–water partition coefficient (Wildman–Crippen LogP) is 0.394. The van der Waals surface area contributed by atoms with Gasteiger partial charge in [-0.05, 0) is 13.8 Å². The van der Waals surface area contributed by atoms with Crippen molar-refractivity contribution in [2.24, 2.45) is 0 Å². The molecule has 2 atom stereocenters. The van der Waals surface area contributed by atoms with Gasteiger partial charge in [-0.15, -0.1) is 0 Å². The van der Waals surface area contributed by atoms with Crippen LogP contribution in [0.4, 0.5) is 8.78 Å². The SMILES string of the molecule is CCN(C)C(=O)C(C)NCC1CC(F)(F)C(=O)O1. The molecule has 7 heteroatoms. The molecule has 1 heterocycles. The van der Waals surface area contributed by atoms with Gasteiger partial charge < -0.3 is 15.0 Å². The molecule has 104 valence electrons. The average molecular weight is 264 g/mol. The zero-order chi connectivity index (χ0) is 13.9. The average Bonchev–Trinajstić information content (AvgIpc) is 2.58. The summed E-state index contributed by atoms with van der Waals surface area (Å²) in [6.07, 6.45) is -1.52. The van der Waals surface area contributed by atoms with Crippen LogP contribution < -0.4 is 5.32 Å². The summed E-state index contributed by atoms with van der Waals surface area (Å²) in [6, 6.07) is -0.497. The van der Waals surface area contributed by atoms with Gasteiger partial charge in [-0.3, -0.25) is 4.79 Å². The third kappa shape index (κ3) is 3.38. The summed E-state index contributed by atoms with van der Waals surface area (Å²) < 4.78 is 30.3. The largest absolute Gasteiger partial charge is 0.456 e. The fourth-order valence-electron chi connectivity index (χ4n) is 1.64. The smallest absolute Gasteiger partial charge is 0.377 e. The van der Waals surface area contributed by atoms with Crippen molar-refractivity contribution in [3.63, 3.8) is 0 Å². The number of hydrogen-bond donors (Lipinski definition) is 1. The van der Waals surface area contributed by atoms with Crippen molar-refractivity contribution in [3.05, 3.63) is 0 Å². The molecule has 1 aliphatic heterocycles. The minimum atomic E-state index is -3.40. The fourth-order valence-corrected chi connectivity index (χ4v) is 1.64. The van der Waals surface area contributed by atoms with Gasteiger partial charge in [0.15, 0.2) is 0 Å². The first-order valence-corrected chi connectivity index (χ1v) is 5.85. The van der Waals surface area contributed by atoms with Crippen LogP contribution in [-0.4, -0.2) is 55.0 Å². The Hall–Kier alpha value is -1.24. The van der Waals surface area contributed by atoms with E-state index < -0.39 is 30.5 Å². The number of alkyl halides is 2. The molecule has 1 aliphatic rings. The lowest BCUT2D eigenvalue weighted by atomic mass is 10.2. The van der Waals surface area contributed by atoms with Gasteiger partial charge in [-0.1, -0.05) is 0 Å². The number of hydrogen-bond acceptors (Lipinski definition) is 4. The first-order chi connectivity index (χ1) is 8.27. The quantitative estimate of drug-likeness (QED) is 0.730. The number of cyclic esters (lactones) is 1. The maximum Gasteiger partial charge on any atom is 0.377 e. The Morgan fingerprint density at radius 3 is 2.72 bits per heavy atom. The molecular weight excluding hydrogens is 246 g/mol. The van der Waals surface area contributed by atoms with Crippen LogP contribution in [0.15, 0.2) is 0 Å². The second kappa shape index (κ2) is 5.60. The molecular formula is C11H18F2N2O3. The van der Waals surface area contributed by atoms with E-state index in [-0.39, 0.29) is 12.5 Å². The van der Waals surface area contributed by atoms with E-state index in [0.29, 0.717) is 6.54 Å². The topological polar surface area (TPSA) is 58.6 Å². The van der Waals surface area contributed by atoms with E-state index >= 15 is 0 Å². The number of carbonyl (C=O) groups excluding carboxylic acids is 2. The van der Waals surface area contributed by atoms with Crippen molar-refractivity contribution in [3.8, 4) is 0 Å². The molecule has 1 amide bonds. The van der Waals surface area contributed by atoms with E-state index in [9.17, 15) is 18.4 Å². The standard InChI is InChI=1S/C11H18F2N2O3/c1-4-15(3)9(16)7(2)14-6-8-5-11(12,13)10(17)18-8/h7-8,14H,4-6H2,1-3H3. The van der Waals surface area contributed by atoms with Crippen molar-refractivity contribution in [1.29, 1.82) is 0 Å². The molecule has 0 radical (unpaired) electrons. The first kappa shape index (κ1) is 14.8. The second-order valence-corrected chi connectivity index (χ2v) is 4.42. The number of esters is 1. The normalized spacial score (nSPS) is 23.6. The molecule has 1 fully saturated rings. The van der Waals surface area contributed by atoms with Crippen molar-refractivity contribution in [2.75, 3.05) is 20.1 Å². The highest BCUT2D eigenvalue weighted by molar-refractivity contribution is 5.81. The summed E-state index contributed by atoms with van der Waals surface area (Å²) in [5.41, 5.74) is 0. The molecule has 0 bridgehead atoms. The van der Waals surface area contributed by atoms with Crippen molar-refractivity contribution in [2.45, 2.75) is 38.3 Å². The Morgan fingerprint density at radius 1 is 1.67 bits per heavy atom. The third-order valence-electron chi connectivity index (χ3n) is 2.93. The van der Waals surface area contributed by atoms with Crippen molar-refractivity contribution in [1.82, 2.24) is 10.2 Å². The van der Waals surface area contributed by atoms with Gasteiger partial charge in [-0.25, -0.2) is 4.79 Å². The minimum absolute atomic E-state index is 0.0474. The van der Waals surface area contributed by atoms with Crippen molar-refractivity contribution < 1.29 is 23.1 Å². The van der Waals surface area contributed by atoms with Crippen LogP contribution in [0.1, 0.15) is 20.3 Å². The Morgan fingerprint density at radius 2 is 2.28 bits per heavy atom. The van der Waals surface area contributed by atoms with Crippen LogP contribution in [0, 0.1) is 0 Å². The molecule has 5 nitrogen and oxygen atoms in total. The lowest BCUT2D eigenvalue weighted by Gasteiger charge is -2.21. The molecule has 1 saturated heterocycles. The van der Waals surface area contributed by atoms with Crippen LogP contribution in [-0.2, 0) is 14.3 Å². The summed E-state index contributed by atoms with van der Waals surface area (Å²) in [7, 11) is 1.66.